The Labute approximate surface area is 159 Å². The molecule has 5 nitrogen and oxygen atoms in total. The normalized spacial score (nSPS) is 24.2. The standard InChI is InChI=1S/C20H26N4OS/c1-3-24-19(16-6-4-5-13(2)9-16)22-23-20(24)26-12-18(25)21-17-11-14-7-8-15(17)10-14/h4-6,9,14-15,17H,3,7-8,10-12H2,1-2H3,(H,21,25)/t14-,15-,17-/m1/s1. The van der Waals surface area contributed by atoms with Gasteiger partial charge in [0.05, 0.1) is 5.75 Å². The van der Waals surface area contributed by atoms with Gasteiger partial charge >= 0.3 is 0 Å². The van der Waals surface area contributed by atoms with E-state index in [-0.39, 0.29) is 5.91 Å². The molecule has 2 bridgehead atoms. The molecule has 2 fully saturated rings. The highest BCUT2D eigenvalue weighted by molar-refractivity contribution is 7.99. The van der Waals surface area contributed by atoms with E-state index in [0.717, 1.165) is 29.0 Å². The maximum atomic E-state index is 12.4. The van der Waals surface area contributed by atoms with Gasteiger partial charge in [0.25, 0.3) is 0 Å². The van der Waals surface area contributed by atoms with Crippen molar-refractivity contribution >= 4 is 17.7 Å². The molecule has 1 N–H and O–H groups in total. The fourth-order valence-corrected chi connectivity index (χ4v) is 5.29. The van der Waals surface area contributed by atoms with Crippen molar-refractivity contribution < 1.29 is 4.79 Å². The van der Waals surface area contributed by atoms with Crippen molar-refractivity contribution in [2.75, 3.05) is 5.75 Å². The summed E-state index contributed by atoms with van der Waals surface area (Å²) in [5, 5.41) is 12.8. The smallest absolute Gasteiger partial charge is 0.230 e. The number of aromatic nitrogens is 3. The Bertz CT molecular complexity index is 803. The molecule has 3 atom stereocenters. The average Bonchev–Trinajstić information content (AvgIpc) is 3.34. The summed E-state index contributed by atoms with van der Waals surface area (Å²) in [4.78, 5) is 12.4. The maximum absolute atomic E-state index is 12.4. The van der Waals surface area contributed by atoms with Gasteiger partial charge in [-0.1, -0.05) is 41.9 Å². The predicted octanol–water partition coefficient (Wildman–Crippen LogP) is 3.67. The van der Waals surface area contributed by atoms with Crippen molar-refractivity contribution in [3.8, 4) is 11.4 Å². The van der Waals surface area contributed by atoms with Crippen LogP contribution in [0.2, 0.25) is 0 Å². The van der Waals surface area contributed by atoms with Crippen LogP contribution in [0.15, 0.2) is 29.4 Å². The van der Waals surface area contributed by atoms with Gasteiger partial charge in [0.2, 0.25) is 5.91 Å². The minimum Gasteiger partial charge on any atom is -0.352 e. The maximum Gasteiger partial charge on any atom is 0.230 e. The van der Waals surface area contributed by atoms with Crippen LogP contribution in [0, 0.1) is 18.8 Å². The number of fused-ring (bicyclic) bond motifs is 2. The van der Waals surface area contributed by atoms with Gasteiger partial charge in [-0.3, -0.25) is 4.79 Å². The van der Waals surface area contributed by atoms with E-state index < -0.39 is 0 Å². The molecule has 2 aliphatic carbocycles. The van der Waals surface area contributed by atoms with Crippen LogP contribution in [-0.2, 0) is 11.3 Å². The second kappa shape index (κ2) is 7.43. The highest BCUT2D eigenvalue weighted by Crippen LogP contribution is 2.44. The zero-order valence-corrected chi connectivity index (χ0v) is 16.3. The number of hydrogen-bond acceptors (Lipinski definition) is 4. The molecule has 4 rings (SSSR count). The Kier molecular flexibility index (Phi) is 5.02. The molecule has 2 aliphatic rings. The lowest BCUT2D eigenvalue weighted by Crippen LogP contribution is -2.39. The van der Waals surface area contributed by atoms with Crippen LogP contribution >= 0.6 is 11.8 Å². The van der Waals surface area contributed by atoms with Crippen molar-refractivity contribution in [3.05, 3.63) is 29.8 Å². The molecule has 0 saturated heterocycles. The van der Waals surface area contributed by atoms with Gasteiger partial charge in [-0.2, -0.15) is 0 Å². The van der Waals surface area contributed by atoms with Crippen LogP contribution in [0.5, 0.6) is 0 Å². The summed E-state index contributed by atoms with van der Waals surface area (Å²) in [5.74, 6) is 2.95. The number of nitrogens with zero attached hydrogens (tertiary/aromatic N) is 3. The number of amides is 1. The van der Waals surface area contributed by atoms with E-state index in [9.17, 15) is 4.79 Å². The van der Waals surface area contributed by atoms with E-state index in [1.807, 2.05) is 6.07 Å². The zero-order chi connectivity index (χ0) is 18.1. The second-order valence-corrected chi connectivity index (χ2v) is 8.50. The van der Waals surface area contributed by atoms with Gasteiger partial charge < -0.3 is 9.88 Å². The highest BCUT2D eigenvalue weighted by atomic mass is 32.2. The Morgan fingerprint density at radius 1 is 1.31 bits per heavy atom. The number of benzene rings is 1. The first-order chi connectivity index (χ1) is 12.6. The van der Waals surface area contributed by atoms with Gasteiger partial charge in [0, 0.05) is 18.2 Å². The van der Waals surface area contributed by atoms with Gasteiger partial charge in [-0.15, -0.1) is 10.2 Å². The van der Waals surface area contributed by atoms with Crippen molar-refractivity contribution in [1.29, 1.82) is 0 Å². The van der Waals surface area contributed by atoms with E-state index in [1.54, 1.807) is 0 Å². The molecule has 0 unspecified atom stereocenters. The van der Waals surface area contributed by atoms with Crippen molar-refractivity contribution in [1.82, 2.24) is 20.1 Å². The first-order valence-corrected chi connectivity index (χ1v) is 10.5. The van der Waals surface area contributed by atoms with E-state index in [4.69, 9.17) is 0 Å². The first kappa shape index (κ1) is 17.6. The average molecular weight is 371 g/mol. The summed E-state index contributed by atoms with van der Waals surface area (Å²) in [7, 11) is 0. The molecule has 1 amide bonds. The fourth-order valence-electron chi connectivity index (χ4n) is 4.48. The lowest BCUT2D eigenvalue weighted by atomic mass is 9.95. The lowest BCUT2D eigenvalue weighted by Gasteiger charge is -2.22. The molecule has 1 aromatic heterocycles. The quantitative estimate of drug-likeness (QED) is 0.788. The van der Waals surface area contributed by atoms with Crippen LogP contribution in [-0.4, -0.2) is 32.5 Å². The molecule has 1 heterocycles. The molecular formula is C20H26N4OS. The van der Waals surface area contributed by atoms with Crippen molar-refractivity contribution in [2.45, 2.75) is 57.3 Å². The molecule has 0 spiro atoms. The second-order valence-electron chi connectivity index (χ2n) is 7.56. The number of carbonyl (C=O) groups excluding carboxylic acids is 1. The van der Waals surface area contributed by atoms with E-state index >= 15 is 0 Å². The number of aryl methyl sites for hydroxylation is 1. The number of nitrogens with one attached hydrogen (secondary N) is 1. The Hall–Kier alpha value is -1.82. The van der Waals surface area contributed by atoms with E-state index in [2.05, 4.69) is 52.1 Å². The summed E-state index contributed by atoms with van der Waals surface area (Å²) in [6.45, 7) is 4.94. The molecule has 0 radical (unpaired) electrons. The Balaban J connectivity index is 1.39. The van der Waals surface area contributed by atoms with Crippen molar-refractivity contribution in [2.24, 2.45) is 11.8 Å². The minimum atomic E-state index is 0.121. The molecular weight excluding hydrogens is 344 g/mol. The number of hydrogen-bond donors (Lipinski definition) is 1. The van der Waals surface area contributed by atoms with Crippen molar-refractivity contribution in [3.63, 3.8) is 0 Å². The van der Waals surface area contributed by atoms with Crippen LogP contribution in [0.25, 0.3) is 11.4 Å². The van der Waals surface area contributed by atoms with Gasteiger partial charge in [0.1, 0.15) is 0 Å². The third kappa shape index (κ3) is 3.52. The Morgan fingerprint density at radius 2 is 2.19 bits per heavy atom. The van der Waals surface area contributed by atoms with Gasteiger partial charge in [-0.05, 0) is 51.0 Å². The summed E-state index contributed by atoms with van der Waals surface area (Å²) < 4.78 is 2.09. The summed E-state index contributed by atoms with van der Waals surface area (Å²) >= 11 is 1.48. The number of thioether (sulfide) groups is 1. The predicted molar refractivity (Wildman–Crippen MR) is 104 cm³/mol. The largest absolute Gasteiger partial charge is 0.352 e. The molecule has 26 heavy (non-hydrogen) atoms. The Morgan fingerprint density at radius 3 is 2.88 bits per heavy atom. The fraction of sp³-hybridized carbons (Fsp3) is 0.550. The zero-order valence-electron chi connectivity index (χ0n) is 15.4. The molecule has 2 saturated carbocycles. The van der Waals surface area contributed by atoms with Gasteiger partial charge in [0.15, 0.2) is 11.0 Å². The van der Waals surface area contributed by atoms with E-state index in [1.165, 1.54) is 43.0 Å². The summed E-state index contributed by atoms with van der Waals surface area (Å²) in [6, 6.07) is 8.68. The summed E-state index contributed by atoms with van der Waals surface area (Å²) in [6.07, 6.45) is 5.12. The molecule has 0 aliphatic heterocycles. The molecule has 6 heteroatoms. The van der Waals surface area contributed by atoms with Crippen LogP contribution in [0.3, 0.4) is 0 Å². The number of rotatable bonds is 6. The highest BCUT2D eigenvalue weighted by Gasteiger charge is 2.40. The minimum absolute atomic E-state index is 0.121. The molecule has 1 aromatic carbocycles. The molecule has 138 valence electrons. The lowest BCUT2D eigenvalue weighted by molar-refractivity contribution is -0.119. The van der Waals surface area contributed by atoms with Crippen LogP contribution < -0.4 is 5.32 Å². The SMILES string of the molecule is CCn1c(SCC(=O)N[C@@H]2C[C@@H]3CC[C@@H]2C3)nnc1-c1cccc(C)c1. The van der Waals surface area contributed by atoms with E-state index in [0.29, 0.717) is 17.7 Å². The first-order valence-electron chi connectivity index (χ1n) is 9.56. The number of carbonyl (C=O) groups is 1. The summed E-state index contributed by atoms with van der Waals surface area (Å²) in [5.41, 5.74) is 2.27. The topological polar surface area (TPSA) is 59.8 Å². The third-order valence-electron chi connectivity index (χ3n) is 5.73. The molecule has 2 aromatic rings. The monoisotopic (exact) mass is 370 g/mol. The van der Waals surface area contributed by atoms with Crippen LogP contribution in [0.1, 0.15) is 38.2 Å². The third-order valence-corrected chi connectivity index (χ3v) is 6.69. The van der Waals surface area contributed by atoms with Crippen LogP contribution in [0.4, 0.5) is 0 Å². The van der Waals surface area contributed by atoms with Gasteiger partial charge in [-0.25, -0.2) is 0 Å².